The summed E-state index contributed by atoms with van der Waals surface area (Å²) in [6.07, 6.45) is 2.91. The molecule has 9 heteroatoms. The molecule has 0 spiro atoms. The maximum Gasteiger partial charge on any atom is 0.337 e. The number of methoxy groups -OCH3 is 1. The van der Waals surface area contributed by atoms with E-state index in [1.54, 1.807) is 28.8 Å². The van der Waals surface area contributed by atoms with Gasteiger partial charge in [-0.15, -0.1) is 0 Å². The Morgan fingerprint density at radius 1 is 1.10 bits per heavy atom. The van der Waals surface area contributed by atoms with E-state index in [1.165, 1.54) is 28.6 Å². The smallest absolute Gasteiger partial charge is 0.337 e. The van der Waals surface area contributed by atoms with E-state index in [-0.39, 0.29) is 23.8 Å². The molecular weight excluding hydrogens is 406 g/mol. The summed E-state index contributed by atoms with van der Waals surface area (Å²) in [7, 11) is 1.50. The molecule has 0 bridgehead atoms. The SMILES string of the molecule is COc1ccccc1-n1c(=O)n(C2CC2)c(=O)c2c1ncn2Cc1ccc(F)c(F)c1. The molecule has 0 aliphatic heterocycles. The first-order valence-corrected chi connectivity index (χ1v) is 9.79. The largest absolute Gasteiger partial charge is 0.495 e. The summed E-state index contributed by atoms with van der Waals surface area (Å²) in [6.45, 7) is 0.0950. The Labute approximate surface area is 174 Å². The van der Waals surface area contributed by atoms with Crippen molar-refractivity contribution in [2.45, 2.75) is 25.4 Å². The summed E-state index contributed by atoms with van der Waals surface area (Å²) in [6, 6.07) is 10.4. The minimum absolute atomic E-state index is 0.0950. The molecule has 5 rings (SSSR count). The molecule has 0 unspecified atom stereocenters. The number of hydrogen-bond donors (Lipinski definition) is 0. The summed E-state index contributed by atoms with van der Waals surface area (Å²) in [5.41, 5.74) is 0.385. The van der Waals surface area contributed by atoms with Crippen LogP contribution in [0.2, 0.25) is 0 Å². The zero-order chi connectivity index (χ0) is 21.7. The molecule has 2 aromatic carbocycles. The van der Waals surface area contributed by atoms with E-state index in [2.05, 4.69) is 4.98 Å². The summed E-state index contributed by atoms with van der Waals surface area (Å²) in [5, 5.41) is 0. The van der Waals surface area contributed by atoms with Crippen LogP contribution in [0.5, 0.6) is 5.75 Å². The normalized spacial score (nSPS) is 13.6. The molecule has 158 valence electrons. The van der Waals surface area contributed by atoms with Crippen molar-refractivity contribution in [3.8, 4) is 11.4 Å². The molecule has 1 aliphatic rings. The molecule has 2 aromatic heterocycles. The number of ether oxygens (including phenoxy) is 1. The van der Waals surface area contributed by atoms with Crippen molar-refractivity contribution in [1.29, 1.82) is 0 Å². The van der Waals surface area contributed by atoms with Crippen LogP contribution >= 0.6 is 0 Å². The number of nitrogens with zero attached hydrogens (tertiary/aromatic N) is 4. The molecule has 1 aliphatic carbocycles. The van der Waals surface area contributed by atoms with Gasteiger partial charge in [-0.2, -0.15) is 0 Å². The van der Waals surface area contributed by atoms with Crippen molar-refractivity contribution < 1.29 is 13.5 Å². The highest BCUT2D eigenvalue weighted by Gasteiger charge is 2.31. The summed E-state index contributed by atoms with van der Waals surface area (Å²) < 4.78 is 36.6. The third-order valence-corrected chi connectivity index (χ3v) is 5.42. The van der Waals surface area contributed by atoms with E-state index in [0.29, 0.717) is 17.0 Å². The van der Waals surface area contributed by atoms with E-state index in [9.17, 15) is 18.4 Å². The van der Waals surface area contributed by atoms with Crippen LogP contribution < -0.4 is 16.0 Å². The third-order valence-electron chi connectivity index (χ3n) is 5.42. The fourth-order valence-electron chi connectivity index (χ4n) is 3.79. The van der Waals surface area contributed by atoms with Crippen molar-refractivity contribution in [1.82, 2.24) is 18.7 Å². The minimum Gasteiger partial charge on any atom is -0.495 e. The monoisotopic (exact) mass is 424 g/mol. The van der Waals surface area contributed by atoms with Crippen LogP contribution in [0.25, 0.3) is 16.9 Å². The lowest BCUT2D eigenvalue weighted by molar-refractivity contribution is 0.412. The molecule has 2 heterocycles. The highest BCUT2D eigenvalue weighted by Crippen LogP contribution is 2.33. The maximum absolute atomic E-state index is 13.7. The van der Waals surface area contributed by atoms with E-state index in [0.717, 1.165) is 25.0 Å². The van der Waals surface area contributed by atoms with Crippen LogP contribution in [0.4, 0.5) is 8.78 Å². The molecule has 0 saturated heterocycles. The van der Waals surface area contributed by atoms with Crippen molar-refractivity contribution in [3.05, 3.63) is 86.8 Å². The lowest BCUT2D eigenvalue weighted by Gasteiger charge is -2.14. The lowest BCUT2D eigenvalue weighted by atomic mass is 10.2. The fraction of sp³-hybridized carbons (Fsp3) is 0.227. The Balaban J connectivity index is 1.78. The first kappa shape index (κ1) is 19.2. The van der Waals surface area contributed by atoms with Crippen LogP contribution in [0.3, 0.4) is 0 Å². The fourth-order valence-corrected chi connectivity index (χ4v) is 3.79. The topological polar surface area (TPSA) is 71.1 Å². The number of benzene rings is 2. The molecule has 0 N–H and O–H groups in total. The Kier molecular flexibility index (Phi) is 4.46. The second-order valence-electron chi connectivity index (χ2n) is 7.49. The average Bonchev–Trinajstić information content (AvgIpc) is 3.51. The van der Waals surface area contributed by atoms with Gasteiger partial charge in [-0.3, -0.25) is 9.36 Å². The number of aromatic nitrogens is 4. The van der Waals surface area contributed by atoms with Gasteiger partial charge in [0.1, 0.15) is 5.75 Å². The van der Waals surface area contributed by atoms with Gasteiger partial charge in [-0.05, 0) is 42.7 Å². The first-order chi connectivity index (χ1) is 15.0. The van der Waals surface area contributed by atoms with Gasteiger partial charge < -0.3 is 9.30 Å². The van der Waals surface area contributed by atoms with Crippen LogP contribution in [0.1, 0.15) is 24.4 Å². The molecule has 0 radical (unpaired) electrons. The van der Waals surface area contributed by atoms with E-state index < -0.39 is 22.9 Å². The Bertz CT molecular complexity index is 1430. The van der Waals surface area contributed by atoms with Crippen molar-refractivity contribution in [3.63, 3.8) is 0 Å². The Hall–Kier alpha value is -3.75. The van der Waals surface area contributed by atoms with Crippen molar-refractivity contribution in [2.24, 2.45) is 0 Å². The van der Waals surface area contributed by atoms with Gasteiger partial charge in [0.05, 0.1) is 19.1 Å². The van der Waals surface area contributed by atoms with Crippen molar-refractivity contribution >= 4 is 11.2 Å². The number of imidazole rings is 1. The average molecular weight is 424 g/mol. The minimum atomic E-state index is -0.969. The van der Waals surface area contributed by atoms with E-state index in [4.69, 9.17) is 4.74 Å². The third kappa shape index (κ3) is 3.13. The second kappa shape index (κ2) is 7.19. The Morgan fingerprint density at radius 3 is 2.58 bits per heavy atom. The molecule has 31 heavy (non-hydrogen) atoms. The van der Waals surface area contributed by atoms with Gasteiger partial charge in [-0.25, -0.2) is 23.1 Å². The quantitative estimate of drug-likeness (QED) is 0.494. The second-order valence-corrected chi connectivity index (χ2v) is 7.49. The van der Waals surface area contributed by atoms with Gasteiger partial charge in [0.2, 0.25) is 0 Å². The molecule has 1 fully saturated rings. The predicted molar refractivity (Wildman–Crippen MR) is 110 cm³/mol. The molecular formula is C22H18F2N4O3. The summed E-state index contributed by atoms with van der Waals surface area (Å²) >= 11 is 0. The zero-order valence-electron chi connectivity index (χ0n) is 16.6. The van der Waals surface area contributed by atoms with Gasteiger partial charge >= 0.3 is 5.69 Å². The number of hydrogen-bond acceptors (Lipinski definition) is 4. The molecule has 0 atom stereocenters. The predicted octanol–water partition coefficient (Wildman–Crippen LogP) is 3.02. The number of para-hydroxylation sites is 2. The van der Waals surface area contributed by atoms with Gasteiger partial charge in [0.15, 0.2) is 22.8 Å². The van der Waals surface area contributed by atoms with Crippen molar-refractivity contribution in [2.75, 3.05) is 7.11 Å². The van der Waals surface area contributed by atoms with Crippen LogP contribution in [0, 0.1) is 11.6 Å². The number of halogens is 2. The summed E-state index contributed by atoms with van der Waals surface area (Å²) in [5.74, 6) is -1.45. The Morgan fingerprint density at radius 2 is 1.87 bits per heavy atom. The lowest BCUT2D eigenvalue weighted by Crippen LogP contribution is -2.39. The van der Waals surface area contributed by atoms with Crippen LogP contribution in [-0.4, -0.2) is 25.8 Å². The van der Waals surface area contributed by atoms with Gasteiger partial charge in [0, 0.05) is 12.6 Å². The number of fused-ring (bicyclic) bond motifs is 1. The standard InChI is InChI=1S/C22H18F2N4O3/c1-31-18-5-3-2-4-17(18)28-20-19(21(29)27(22(28)30)14-7-8-14)26(12-25-20)11-13-6-9-15(23)16(24)10-13/h2-6,9-10,12,14H,7-8,11H2,1H3. The van der Waals surface area contributed by atoms with Crippen LogP contribution in [0.15, 0.2) is 58.4 Å². The first-order valence-electron chi connectivity index (χ1n) is 9.79. The van der Waals surface area contributed by atoms with E-state index >= 15 is 0 Å². The molecule has 0 amide bonds. The van der Waals surface area contributed by atoms with Gasteiger partial charge in [-0.1, -0.05) is 18.2 Å². The maximum atomic E-state index is 13.7. The highest BCUT2D eigenvalue weighted by molar-refractivity contribution is 5.73. The summed E-state index contributed by atoms with van der Waals surface area (Å²) in [4.78, 5) is 31.0. The number of rotatable bonds is 5. The zero-order valence-corrected chi connectivity index (χ0v) is 16.6. The van der Waals surface area contributed by atoms with E-state index in [1.807, 2.05) is 0 Å². The molecule has 4 aromatic rings. The molecule has 7 nitrogen and oxygen atoms in total. The highest BCUT2D eigenvalue weighted by atomic mass is 19.2. The van der Waals surface area contributed by atoms with Crippen LogP contribution in [-0.2, 0) is 6.54 Å². The van der Waals surface area contributed by atoms with Gasteiger partial charge in [0.25, 0.3) is 5.56 Å². The molecule has 1 saturated carbocycles.